The third-order valence-electron chi connectivity index (χ3n) is 3.84. The van der Waals surface area contributed by atoms with Gasteiger partial charge < -0.3 is 14.7 Å². The van der Waals surface area contributed by atoms with Crippen molar-refractivity contribution < 1.29 is 14.6 Å². The minimum absolute atomic E-state index is 0.0362. The molecule has 92 valence electrons. The number of aliphatic hydroxyl groups excluding tert-OH is 1. The molecule has 4 heteroatoms. The Kier molecular flexibility index (Phi) is 3.82. The van der Waals surface area contributed by atoms with Gasteiger partial charge in [-0.05, 0) is 38.3 Å². The summed E-state index contributed by atoms with van der Waals surface area (Å²) < 4.78 is 4.94. The topological polar surface area (TPSA) is 49.8 Å². The number of hydrogen-bond acceptors (Lipinski definition) is 4. The molecule has 0 spiro atoms. The van der Waals surface area contributed by atoms with Crippen LogP contribution in [0.1, 0.15) is 26.2 Å². The van der Waals surface area contributed by atoms with Crippen molar-refractivity contribution in [3.8, 4) is 0 Å². The molecular weight excluding hydrogens is 206 g/mol. The molecule has 2 fully saturated rings. The van der Waals surface area contributed by atoms with E-state index in [2.05, 4.69) is 11.8 Å². The highest BCUT2D eigenvalue weighted by molar-refractivity contribution is 5.74. The monoisotopic (exact) mass is 227 g/mol. The van der Waals surface area contributed by atoms with E-state index in [-0.39, 0.29) is 18.0 Å². The predicted molar refractivity (Wildman–Crippen MR) is 59.9 cm³/mol. The second-order valence-corrected chi connectivity index (χ2v) is 5.08. The van der Waals surface area contributed by atoms with E-state index in [1.54, 1.807) is 0 Å². The summed E-state index contributed by atoms with van der Waals surface area (Å²) in [4.78, 5) is 13.5. The van der Waals surface area contributed by atoms with Crippen LogP contribution in [0.25, 0.3) is 0 Å². The summed E-state index contributed by atoms with van der Waals surface area (Å²) in [6.07, 6.45) is 2.59. The van der Waals surface area contributed by atoms with Crippen molar-refractivity contribution in [1.29, 1.82) is 0 Å². The Morgan fingerprint density at radius 3 is 2.94 bits per heavy atom. The van der Waals surface area contributed by atoms with Gasteiger partial charge in [-0.2, -0.15) is 0 Å². The highest BCUT2D eigenvalue weighted by Crippen LogP contribution is 2.21. The number of β-amino-alcohol motifs (C(OH)–C–C–N with tert-alkyl or cyclic N) is 1. The zero-order valence-corrected chi connectivity index (χ0v) is 9.89. The summed E-state index contributed by atoms with van der Waals surface area (Å²) in [5.74, 6) is 0.468. The van der Waals surface area contributed by atoms with Crippen molar-refractivity contribution in [2.45, 2.75) is 32.3 Å². The van der Waals surface area contributed by atoms with E-state index in [1.807, 2.05) is 0 Å². The predicted octanol–water partition coefficient (Wildman–Crippen LogP) is 0.642. The van der Waals surface area contributed by atoms with E-state index in [0.717, 1.165) is 38.9 Å². The molecule has 0 aromatic carbocycles. The minimum atomic E-state index is -0.204. The number of esters is 1. The summed E-state index contributed by atoms with van der Waals surface area (Å²) in [6, 6.07) is 0. The number of carbonyl (C=O) groups excluding carboxylic acids is 1. The van der Waals surface area contributed by atoms with Gasteiger partial charge in [-0.25, -0.2) is 0 Å². The molecule has 2 aliphatic heterocycles. The van der Waals surface area contributed by atoms with Crippen LogP contribution in [-0.2, 0) is 9.53 Å². The van der Waals surface area contributed by atoms with E-state index in [4.69, 9.17) is 4.74 Å². The Bertz CT molecular complexity index is 257. The van der Waals surface area contributed by atoms with Gasteiger partial charge in [0.1, 0.15) is 0 Å². The number of rotatable bonds is 3. The van der Waals surface area contributed by atoms with Gasteiger partial charge in [0, 0.05) is 6.54 Å². The molecule has 2 saturated heterocycles. The molecule has 0 bridgehead atoms. The molecule has 0 amide bonds. The first-order valence-corrected chi connectivity index (χ1v) is 6.24. The Labute approximate surface area is 96.6 Å². The second-order valence-electron chi connectivity index (χ2n) is 5.08. The molecule has 16 heavy (non-hydrogen) atoms. The van der Waals surface area contributed by atoms with E-state index >= 15 is 0 Å². The van der Waals surface area contributed by atoms with Gasteiger partial charge in [-0.1, -0.05) is 6.92 Å². The molecule has 0 radical (unpaired) electrons. The van der Waals surface area contributed by atoms with Crippen molar-refractivity contribution >= 4 is 5.97 Å². The first-order chi connectivity index (χ1) is 7.66. The Morgan fingerprint density at radius 1 is 1.50 bits per heavy atom. The van der Waals surface area contributed by atoms with E-state index in [0.29, 0.717) is 12.5 Å². The number of hydrogen-bond donors (Lipinski definition) is 1. The van der Waals surface area contributed by atoms with Gasteiger partial charge >= 0.3 is 5.97 Å². The van der Waals surface area contributed by atoms with Crippen LogP contribution in [0.3, 0.4) is 0 Å². The first-order valence-electron chi connectivity index (χ1n) is 6.24. The van der Waals surface area contributed by atoms with Gasteiger partial charge in [0.2, 0.25) is 0 Å². The lowest BCUT2D eigenvalue weighted by Gasteiger charge is -2.34. The molecule has 0 aliphatic carbocycles. The van der Waals surface area contributed by atoms with Gasteiger partial charge in [0.15, 0.2) is 0 Å². The molecule has 0 aromatic rings. The molecule has 3 unspecified atom stereocenters. The fourth-order valence-corrected chi connectivity index (χ4v) is 2.46. The summed E-state index contributed by atoms with van der Waals surface area (Å²) in [7, 11) is 0. The largest absolute Gasteiger partial charge is 0.465 e. The van der Waals surface area contributed by atoms with Crippen molar-refractivity contribution in [3.05, 3.63) is 0 Å². The third-order valence-corrected chi connectivity index (χ3v) is 3.84. The van der Waals surface area contributed by atoms with Gasteiger partial charge in [0.25, 0.3) is 0 Å². The standard InChI is InChI=1S/C12H21NO3/c1-9-2-5-13(8-11(9)14)6-3-10-4-7-16-12(10)15/h9-11,14H,2-8H2,1H3. The van der Waals surface area contributed by atoms with E-state index in [1.165, 1.54) is 0 Å². The molecule has 0 aromatic heterocycles. The number of likely N-dealkylation sites (tertiary alicyclic amines) is 1. The Morgan fingerprint density at radius 2 is 2.31 bits per heavy atom. The van der Waals surface area contributed by atoms with Gasteiger partial charge in [-0.3, -0.25) is 4.79 Å². The maximum atomic E-state index is 11.3. The number of ether oxygens (including phenoxy) is 1. The average molecular weight is 227 g/mol. The highest BCUT2D eigenvalue weighted by atomic mass is 16.5. The zero-order chi connectivity index (χ0) is 11.5. The summed E-state index contributed by atoms with van der Waals surface area (Å²) in [5, 5.41) is 9.76. The van der Waals surface area contributed by atoms with Gasteiger partial charge in [-0.15, -0.1) is 0 Å². The summed E-state index contributed by atoms with van der Waals surface area (Å²) >= 11 is 0. The van der Waals surface area contributed by atoms with Crippen molar-refractivity contribution in [3.63, 3.8) is 0 Å². The van der Waals surface area contributed by atoms with Crippen molar-refractivity contribution in [1.82, 2.24) is 4.90 Å². The Hall–Kier alpha value is -0.610. The smallest absolute Gasteiger partial charge is 0.309 e. The van der Waals surface area contributed by atoms with Crippen LogP contribution in [0.5, 0.6) is 0 Å². The van der Waals surface area contributed by atoms with E-state index in [9.17, 15) is 9.90 Å². The van der Waals surface area contributed by atoms with Crippen LogP contribution in [0, 0.1) is 11.8 Å². The van der Waals surface area contributed by atoms with E-state index < -0.39 is 0 Å². The van der Waals surface area contributed by atoms with Crippen LogP contribution in [0.4, 0.5) is 0 Å². The SMILES string of the molecule is CC1CCN(CCC2CCOC2=O)CC1O. The molecule has 1 N–H and O–H groups in total. The van der Waals surface area contributed by atoms with Crippen molar-refractivity contribution in [2.24, 2.45) is 11.8 Å². The third kappa shape index (κ3) is 2.74. The summed E-state index contributed by atoms with van der Waals surface area (Å²) in [6.45, 7) is 5.38. The number of carbonyl (C=O) groups is 1. The number of piperidine rings is 1. The maximum Gasteiger partial charge on any atom is 0.309 e. The molecule has 4 nitrogen and oxygen atoms in total. The highest BCUT2D eigenvalue weighted by Gasteiger charge is 2.28. The molecule has 2 rings (SSSR count). The molecular formula is C12H21NO3. The van der Waals surface area contributed by atoms with Crippen LogP contribution < -0.4 is 0 Å². The first kappa shape index (κ1) is 11.9. The van der Waals surface area contributed by atoms with Crippen LogP contribution in [0.2, 0.25) is 0 Å². The fraction of sp³-hybridized carbons (Fsp3) is 0.917. The lowest BCUT2D eigenvalue weighted by molar-refractivity contribution is -0.141. The summed E-state index contributed by atoms with van der Waals surface area (Å²) in [5.41, 5.74) is 0. The lowest BCUT2D eigenvalue weighted by Crippen LogP contribution is -2.43. The van der Waals surface area contributed by atoms with Crippen LogP contribution in [-0.4, -0.2) is 48.3 Å². The normalized spacial score (nSPS) is 36.4. The van der Waals surface area contributed by atoms with Crippen LogP contribution in [0.15, 0.2) is 0 Å². The quantitative estimate of drug-likeness (QED) is 0.719. The lowest BCUT2D eigenvalue weighted by atomic mass is 9.95. The number of nitrogens with zero attached hydrogens (tertiary/aromatic N) is 1. The second kappa shape index (κ2) is 5.15. The Balaban J connectivity index is 1.72. The molecule has 2 heterocycles. The average Bonchev–Trinajstić information content (AvgIpc) is 2.66. The maximum absolute atomic E-state index is 11.3. The zero-order valence-electron chi connectivity index (χ0n) is 9.89. The van der Waals surface area contributed by atoms with Crippen LogP contribution >= 0.6 is 0 Å². The fourth-order valence-electron chi connectivity index (χ4n) is 2.46. The molecule has 2 aliphatic rings. The molecule has 0 saturated carbocycles. The molecule has 3 atom stereocenters. The minimum Gasteiger partial charge on any atom is -0.465 e. The van der Waals surface area contributed by atoms with Gasteiger partial charge in [0.05, 0.1) is 18.6 Å². The number of cyclic esters (lactones) is 1. The van der Waals surface area contributed by atoms with Crippen molar-refractivity contribution in [2.75, 3.05) is 26.2 Å². The number of aliphatic hydroxyl groups is 1.